The van der Waals surface area contributed by atoms with Crippen molar-refractivity contribution >= 4 is 35.0 Å². The molecule has 1 aliphatic rings. The molecule has 0 spiro atoms. The lowest BCUT2D eigenvalue weighted by molar-refractivity contribution is -0.140. The molecule has 0 amide bonds. The minimum absolute atomic E-state index is 0.0671. The third kappa shape index (κ3) is 5.90. The average Bonchev–Trinajstić information content (AvgIpc) is 3.22. The Bertz CT molecular complexity index is 1690. The zero-order valence-corrected chi connectivity index (χ0v) is 22.7. The van der Waals surface area contributed by atoms with Gasteiger partial charge in [0.15, 0.2) is 28.6 Å². The molecule has 0 fully saturated rings. The highest BCUT2D eigenvalue weighted by atomic mass is 35.5. The van der Waals surface area contributed by atoms with Crippen LogP contribution < -0.4 is 24.4 Å². The fourth-order valence-electron chi connectivity index (χ4n) is 4.06. The largest absolute Gasteiger partial charge is 0.490 e. The quantitative estimate of drug-likeness (QED) is 0.362. The summed E-state index contributed by atoms with van der Waals surface area (Å²) < 4.78 is 59.7. The molecular weight excluding hydrogens is 571 g/mol. The van der Waals surface area contributed by atoms with E-state index in [4.69, 9.17) is 31.1 Å². The minimum atomic E-state index is -5.01. The summed E-state index contributed by atoms with van der Waals surface area (Å²) in [6.45, 7) is 3.14. The molecule has 40 heavy (non-hydrogen) atoms. The molecule has 0 radical (unpaired) electrons. The topological polar surface area (TPSA) is 103 Å². The van der Waals surface area contributed by atoms with Gasteiger partial charge in [0.25, 0.3) is 5.56 Å². The number of rotatable bonds is 8. The summed E-state index contributed by atoms with van der Waals surface area (Å²) in [7, 11) is 0. The van der Waals surface area contributed by atoms with Crippen molar-refractivity contribution in [1.29, 1.82) is 5.26 Å². The molecule has 8 nitrogen and oxygen atoms in total. The number of thiazole rings is 1. The molecule has 2 heterocycles. The van der Waals surface area contributed by atoms with E-state index in [0.29, 0.717) is 28.7 Å². The Morgan fingerprint density at radius 2 is 1.88 bits per heavy atom. The molecule has 0 unspecified atom stereocenters. The van der Waals surface area contributed by atoms with Gasteiger partial charge in [-0.25, -0.2) is 9.79 Å². The summed E-state index contributed by atoms with van der Waals surface area (Å²) in [6, 6.07) is 10.9. The van der Waals surface area contributed by atoms with Crippen LogP contribution in [0.25, 0.3) is 6.08 Å². The standard InChI is InChI=1S/C27H21ClF3N3O5S/c1-3-37-19-13-15(5-10-18(19)39-12-11-32)14-20-24(35)34-22(16-6-8-17(28)9-7-16)21(25(36)38-4-2)23(27(29,30)31)33-26(34)40-20/h5-10,13-14,22H,3-4,12H2,1-2H3/b20-14-/t22-/m0/s1. The first-order valence-corrected chi connectivity index (χ1v) is 13.1. The van der Waals surface area contributed by atoms with Gasteiger partial charge in [0, 0.05) is 5.02 Å². The Balaban J connectivity index is 1.96. The second-order valence-corrected chi connectivity index (χ2v) is 9.65. The van der Waals surface area contributed by atoms with Gasteiger partial charge in [-0.2, -0.15) is 18.4 Å². The number of nitriles is 1. The molecule has 0 N–H and O–H groups in total. The molecule has 1 aromatic heterocycles. The van der Waals surface area contributed by atoms with E-state index in [9.17, 15) is 22.8 Å². The fraction of sp³-hybridized carbons (Fsp3) is 0.259. The lowest BCUT2D eigenvalue weighted by Gasteiger charge is -2.26. The number of allylic oxidation sites excluding steroid dienone is 1. The number of aromatic nitrogens is 1. The number of fused-ring (bicyclic) bond motifs is 1. The SMILES string of the molecule is CCOC(=O)C1=C(C(F)(F)F)N=c2s/c(=C\c3ccc(OCC#N)c(OCC)c3)c(=O)n2[C@H]1c1ccc(Cl)cc1. The number of ether oxygens (including phenoxy) is 3. The molecule has 13 heteroatoms. The van der Waals surface area contributed by atoms with Gasteiger partial charge in [0.05, 0.1) is 29.4 Å². The second kappa shape index (κ2) is 12.0. The predicted molar refractivity (Wildman–Crippen MR) is 141 cm³/mol. The van der Waals surface area contributed by atoms with Crippen LogP contribution in [0.15, 0.2) is 63.5 Å². The van der Waals surface area contributed by atoms with Crippen molar-refractivity contribution in [2.45, 2.75) is 26.1 Å². The van der Waals surface area contributed by atoms with Gasteiger partial charge in [0.1, 0.15) is 6.07 Å². The van der Waals surface area contributed by atoms with Crippen molar-refractivity contribution in [2.75, 3.05) is 19.8 Å². The van der Waals surface area contributed by atoms with E-state index in [1.807, 2.05) is 6.07 Å². The highest BCUT2D eigenvalue weighted by Gasteiger charge is 2.45. The maximum atomic E-state index is 14.2. The van der Waals surface area contributed by atoms with Crippen LogP contribution in [-0.2, 0) is 9.53 Å². The molecule has 0 bridgehead atoms. The number of alkyl halides is 3. The normalized spacial score (nSPS) is 15.2. The Hall–Kier alpha value is -4.08. The fourth-order valence-corrected chi connectivity index (χ4v) is 5.19. The summed E-state index contributed by atoms with van der Waals surface area (Å²) in [5.41, 5.74) is -2.18. The number of esters is 1. The first kappa shape index (κ1) is 28.9. The van der Waals surface area contributed by atoms with Crippen LogP contribution in [0.3, 0.4) is 0 Å². The first-order valence-electron chi connectivity index (χ1n) is 11.9. The number of nitrogens with zero attached hydrogens (tertiary/aromatic N) is 3. The number of halogens is 4. The molecule has 1 atom stereocenters. The van der Waals surface area contributed by atoms with Crippen molar-refractivity contribution in [2.24, 2.45) is 4.99 Å². The summed E-state index contributed by atoms with van der Waals surface area (Å²) in [5.74, 6) is -0.594. The van der Waals surface area contributed by atoms with E-state index in [0.717, 1.165) is 15.9 Å². The van der Waals surface area contributed by atoms with E-state index in [2.05, 4.69) is 4.99 Å². The highest BCUT2D eigenvalue weighted by molar-refractivity contribution is 7.07. The maximum Gasteiger partial charge on any atom is 0.434 e. The zero-order valence-electron chi connectivity index (χ0n) is 21.1. The van der Waals surface area contributed by atoms with Gasteiger partial charge in [-0.3, -0.25) is 9.36 Å². The van der Waals surface area contributed by atoms with Gasteiger partial charge in [-0.15, -0.1) is 0 Å². The summed E-state index contributed by atoms with van der Waals surface area (Å²) >= 11 is 6.74. The first-order chi connectivity index (χ1) is 19.1. The van der Waals surface area contributed by atoms with E-state index < -0.39 is 35.0 Å². The number of hydrogen-bond acceptors (Lipinski definition) is 8. The second-order valence-electron chi connectivity index (χ2n) is 8.20. The van der Waals surface area contributed by atoms with Gasteiger partial charge >= 0.3 is 12.1 Å². The lowest BCUT2D eigenvalue weighted by Crippen LogP contribution is -2.41. The molecule has 0 aliphatic carbocycles. The average molecular weight is 592 g/mol. The minimum Gasteiger partial charge on any atom is -0.490 e. The van der Waals surface area contributed by atoms with Crippen LogP contribution >= 0.6 is 22.9 Å². The van der Waals surface area contributed by atoms with Crippen LogP contribution in [0, 0.1) is 11.3 Å². The number of benzene rings is 2. The monoisotopic (exact) mass is 591 g/mol. The van der Waals surface area contributed by atoms with Crippen LogP contribution in [-0.4, -0.2) is 36.5 Å². The van der Waals surface area contributed by atoms with Crippen LogP contribution in [0.2, 0.25) is 5.02 Å². The molecule has 4 rings (SSSR count). The number of hydrogen-bond donors (Lipinski definition) is 0. The van der Waals surface area contributed by atoms with Crippen LogP contribution in [0.4, 0.5) is 13.2 Å². The van der Waals surface area contributed by atoms with Gasteiger partial charge in [-0.05, 0) is 55.3 Å². The Labute approximate surface area is 234 Å². The molecule has 2 aromatic carbocycles. The van der Waals surface area contributed by atoms with Crippen molar-refractivity contribution in [3.8, 4) is 17.6 Å². The van der Waals surface area contributed by atoms with Crippen molar-refractivity contribution in [1.82, 2.24) is 4.57 Å². The molecular formula is C27H21ClF3N3O5S. The maximum absolute atomic E-state index is 14.2. The van der Waals surface area contributed by atoms with Crippen molar-refractivity contribution in [3.63, 3.8) is 0 Å². The molecule has 3 aromatic rings. The molecule has 0 saturated heterocycles. The highest BCUT2D eigenvalue weighted by Crippen LogP contribution is 2.38. The van der Waals surface area contributed by atoms with Crippen LogP contribution in [0.5, 0.6) is 11.5 Å². The van der Waals surface area contributed by atoms with Crippen LogP contribution in [0.1, 0.15) is 31.0 Å². The zero-order chi connectivity index (χ0) is 29.0. The van der Waals surface area contributed by atoms with E-state index in [-0.39, 0.29) is 28.1 Å². The van der Waals surface area contributed by atoms with E-state index in [1.54, 1.807) is 25.1 Å². The van der Waals surface area contributed by atoms with Crippen molar-refractivity contribution in [3.05, 3.63) is 89.6 Å². The Morgan fingerprint density at radius 3 is 2.50 bits per heavy atom. The third-order valence-corrected chi connectivity index (χ3v) is 6.87. The van der Waals surface area contributed by atoms with E-state index >= 15 is 0 Å². The third-order valence-electron chi connectivity index (χ3n) is 5.64. The smallest absolute Gasteiger partial charge is 0.434 e. The molecule has 0 saturated carbocycles. The van der Waals surface area contributed by atoms with E-state index in [1.165, 1.54) is 37.3 Å². The Morgan fingerprint density at radius 1 is 1.15 bits per heavy atom. The lowest BCUT2D eigenvalue weighted by atomic mass is 9.95. The summed E-state index contributed by atoms with van der Waals surface area (Å²) in [4.78, 5) is 30.1. The summed E-state index contributed by atoms with van der Waals surface area (Å²) in [6.07, 6.45) is -3.53. The number of carbonyl (C=O) groups excluding carboxylic acids is 1. The predicted octanol–water partition coefficient (Wildman–Crippen LogP) is 4.30. The molecule has 208 valence electrons. The summed E-state index contributed by atoms with van der Waals surface area (Å²) in [5, 5.41) is 9.12. The van der Waals surface area contributed by atoms with Gasteiger partial charge in [-0.1, -0.05) is 41.1 Å². The van der Waals surface area contributed by atoms with Gasteiger partial charge < -0.3 is 14.2 Å². The van der Waals surface area contributed by atoms with Gasteiger partial charge in [0.2, 0.25) is 0 Å². The Kier molecular flexibility index (Phi) is 8.66. The molecule has 1 aliphatic heterocycles. The van der Waals surface area contributed by atoms with Crippen molar-refractivity contribution < 1.29 is 32.2 Å². The number of carbonyl (C=O) groups is 1.